The Hall–Kier alpha value is -2.05. The van der Waals surface area contributed by atoms with Crippen molar-refractivity contribution in [1.82, 2.24) is 14.4 Å². The number of carbonyl (C=O) groups is 2. The van der Waals surface area contributed by atoms with E-state index in [0.717, 1.165) is 49.6 Å². The van der Waals surface area contributed by atoms with Crippen LogP contribution in [0.1, 0.15) is 56.3 Å². The number of unbranched alkanes of at least 4 members (excludes halogenated alkanes) is 1. The quantitative estimate of drug-likeness (QED) is 0.662. The normalized spacial score (nSPS) is 18.4. The SMILES string of the molecule is CCCCC(C)[C@H](N)C(=O)N1CCCC1Cn1cc(C(=O)N(C)C)c2cc(Cl)ccc21. The second-order valence-corrected chi connectivity index (χ2v) is 9.47. The number of hydrogen-bond donors (Lipinski definition) is 1. The molecule has 3 atom stereocenters. The molecule has 2 heterocycles. The lowest BCUT2D eigenvalue weighted by molar-refractivity contribution is -0.134. The molecule has 1 saturated heterocycles. The van der Waals surface area contributed by atoms with Gasteiger partial charge in [-0.1, -0.05) is 38.3 Å². The van der Waals surface area contributed by atoms with Gasteiger partial charge in [0.2, 0.25) is 5.91 Å². The molecule has 0 saturated carbocycles. The molecule has 1 aromatic heterocycles. The number of likely N-dealkylation sites (tertiary alicyclic amines) is 1. The number of aromatic nitrogens is 1. The lowest BCUT2D eigenvalue weighted by Gasteiger charge is -2.30. The molecule has 1 aliphatic rings. The highest BCUT2D eigenvalue weighted by atomic mass is 35.5. The summed E-state index contributed by atoms with van der Waals surface area (Å²) in [5, 5.41) is 1.44. The molecule has 0 bridgehead atoms. The summed E-state index contributed by atoms with van der Waals surface area (Å²) in [6.45, 7) is 5.61. The number of nitrogens with two attached hydrogens (primary N) is 1. The standard InChI is InChI=1S/C24H35ClN4O2/c1-5-6-8-16(2)22(26)24(31)29-12-7-9-18(29)14-28-15-20(23(30)27(3)4)19-13-17(25)10-11-21(19)28/h10-11,13,15-16,18,22H,5-9,12,14,26H2,1-4H3/t16?,18?,22-/m0/s1. The minimum absolute atomic E-state index is 0.0511. The molecule has 170 valence electrons. The zero-order chi connectivity index (χ0) is 22.7. The van der Waals surface area contributed by atoms with E-state index >= 15 is 0 Å². The van der Waals surface area contributed by atoms with Crippen molar-refractivity contribution in [3.8, 4) is 0 Å². The average Bonchev–Trinajstić information content (AvgIpc) is 3.35. The molecule has 1 aliphatic heterocycles. The van der Waals surface area contributed by atoms with E-state index in [1.54, 1.807) is 19.0 Å². The van der Waals surface area contributed by atoms with Crippen molar-refractivity contribution < 1.29 is 9.59 Å². The first-order chi connectivity index (χ1) is 14.7. The Bertz CT molecular complexity index is 939. The molecule has 0 aliphatic carbocycles. The van der Waals surface area contributed by atoms with Gasteiger partial charge in [0.05, 0.1) is 11.6 Å². The van der Waals surface area contributed by atoms with E-state index in [1.165, 1.54) is 0 Å². The van der Waals surface area contributed by atoms with Crippen molar-refractivity contribution in [3.05, 3.63) is 35.0 Å². The fourth-order valence-electron chi connectivity index (χ4n) is 4.51. The van der Waals surface area contributed by atoms with Crippen LogP contribution >= 0.6 is 11.6 Å². The van der Waals surface area contributed by atoms with Crippen molar-refractivity contribution in [2.45, 2.75) is 64.6 Å². The Morgan fingerprint density at radius 3 is 2.74 bits per heavy atom. The number of halogens is 1. The van der Waals surface area contributed by atoms with Crippen molar-refractivity contribution in [2.24, 2.45) is 11.7 Å². The van der Waals surface area contributed by atoms with Gasteiger partial charge >= 0.3 is 0 Å². The zero-order valence-electron chi connectivity index (χ0n) is 19.1. The van der Waals surface area contributed by atoms with Gasteiger partial charge in [0.1, 0.15) is 0 Å². The third-order valence-corrected chi connectivity index (χ3v) is 6.69. The van der Waals surface area contributed by atoms with E-state index in [2.05, 4.69) is 18.4 Å². The summed E-state index contributed by atoms with van der Waals surface area (Å²) in [6, 6.07) is 5.24. The third kappa shape index (κ3) is 5.07. The topological polar surface area (TPSA) is 71.6 Å². The highest BCUT2D eigenvalue weighted by Gasteiger charge is 2.34. The van der Waals surface area contributed by atoms with E-state index < -0.39 is 6.04 Å². The van der Waals surface area contributed by atoms with Gasteiger partial charge in [0, 0.05) is 55.3 Å². The van der Waals surface area contributed by atoms with Crippen molar-refractivity contribution in [2.75, 3.05) is 20.6 Å². The summed E-state index contributed by atoms with van der Waals surface area (Å²) in [4.78, 5) is 29.4. The molecule has 2 N–H and O–H groups in total. The van der Waals surface area contributed by atoms with Gasteiger partial charge in [-0.05, 0) is 43.4 Å². The largest absolute Gasteiger partial charge is 0.345 e. The molecule has 7 heteroatoms. The minimum atomic E-state index is -0.460. The van der Waals surface area contributed by atoms with Crippen LogP contribution in [0.4, 0.5) is 0 Å². The van der Waals surface area contributed by atoms with Crippen LogP contribution in [-0.4, -0.2) is 58.9 Å². The lowest BCUT2D eigenvalue weighted by Crippen LogP contribution is -2.49. The molecule has 1 aromatic carbocycles. The first kappa shape index (κ1) is 23.6. The smallest absolute Gasteiger partial charge is 0.255 e. The molecule has 1 fully saturated rings. The van der Waals surface area contributed by atoms with Crippen LogP contribution in [0.15, 0.2) is 24.4 Å². The number of nitrogens with zero attached hydrogens (tertiary/aromatic N) is 3. The molecule has 31 heavy (non-hydrogen) atoms. The van der Waals surface area contributed by atoms with Crippen LogP contribution < -0.4 is 5.73 Å². The van der Waals surface area contributed by atoms with Crippen LogP contribution in [0.5, 0.6) is 0 Å². The predicted molar refractivity (Wildman–Crippen MR) is 126 cm³/mol. The van der Waals surface area contributed by atoms with Gasteiger partial charge in [0.15, 0.2) is 0 Å². The maximum atomic E-state index is 13.2. The van der Waals surface area contributed by atoms with E-state index in [0.29, 0.717) is 17.1 Å². The summed E-state index contributed by atoms with van der Waals surface area (Å²) >= 11 is 6.22. The van der Waals surface area contributed by atoms with Crippen molar-refractivity contribution >= 4 is 34.3 Å². The first-order valence-electron chi connectivity index (χ1n) is 11.3. The predicted octanol–water partition coefficient (Wildman–Crippen LogP) is 4.14. The highest BCUT2D eigenvalue weighted by molar-refractivity contribution is 6.31. The molecule has 2 amide bonds. The number of amides is 2. The minimum Gasteiger partial charge on any atom is -0.345 e. The third-order valence-electron chi connectivity index (χ3n) is 6.46. The van der Waals surface area contributed by atoms with Gasteiger partial charge in [-0.3, -0.25) is 9.59 Å². The van der Waals surface area contributed by atoms with Gasteiger partial charge in [-0.15, -0.1) is 0 Å². The van der Waals surface area contributed by atoms with Crippen LogP contribution in [0.25, 0.3) is 10.9 Å². The second-order valence-electron chi connectivity index (χ2n) is 9.03. The molecular weight excluding hydrogens is 412 g/mol. The number of fused-ring (bicyclic) bond motifs is 1. The van der Waals surface area contributed by atoms with E-state index in [4.69, 9.17) is 17.3 Å². The number of carbonyl (C=O) groups excluding carboxylic acids is 2. The Kier molecular flexibility index (Phi) is 7.65. The first-order valence-corrected chi connectivity index (χ1v) is 11.7. The molecule has 0 radical (unpaired) electrons. The molecular formula is C24H35ClN4O2. The fraction of sp³-hybridized carbons (Fsp3) is 0.583. The van der Waals surface area contributed by atoms with Crippen LogP contribution in [-0.2, 0) is 11.3 Å². The van der Waals surface area contributed by atoms with Crippen molar-refractivity contribution in [1.29, 1.82) is 0 Å². The van der Waals surface area contributed by atoms with Gasteiger partial charge in [-0.25, -0.2) is 0 Å². The van der Waals surface area contributed by atoms with Crippen LogP contribution in [0.3, 0.4) is 0 Å². The molecule has 6 nitrogen and oxygen atoms in total. The summed E-state index contributed by atoms with van der Waals surface area (Å²) in [6.07, 6.45) is 6.98. The molecule has 2 unspecified atom stereocenters. The number of benzene rings is 1. The Balaban J connectivity index is 1.84. The Morgan fingerprint density at radius 1 is 1.32 bits per heavy atom. The van der Waals surface area contributed by atoms with Crippen molar-refractivity contribution in [3.63, 3.8) is 0 Å². The monoisotopic (exact) mass is 446 g/mol. The van der Waals surface area contributed by atoms with Crippen LogP contribution in [0, 0.1) is 5.92 Å². The summed E-state index contributed by atoms with van der Waals surface area (Å²) in [5.74, 6) is 0.167. The summed E-state index contributed by atoms with van der Waals surface area (Å²) in [5.41, 5.74) is 7.94. The maximum Gasteiger partial charge on any atom is 0.255 e. The van der Waals surface area contributed by atoms with E-state index in [9.17, 15) is 9.59 Å². The number of hydrogen-bond acceptors (Lipinski definition) is 3. The Labute approximate surface area is 190 Å². The second kappa shape index (κ2) is 10.0. The van der Waals surface area contributed by atoms with Crippen LogP contribution in [0.2, 0.25) is 5.02 Å². The van der Waals surface area contributed by atoms with Gasteiger partial charge < -0.3 is 20.1 Å². The number of rotatable bonds is 8. The fourth-order valence-corrected chi connectivity index (χ4v) is 4.69. The molecule has 3 rings (SSSR count). The average molecular weight is 447 g/mol. The summed E-state index contributed by atoms with van der Waals surface area (Å²) in [7, 11) is 3.49. The van der Waals surface area contributed by atoms with E-state index in [1.807, 2.05) is 29.3 Å². The summed E-state index contributed by atoms with van der Waals surface area (Å²) < 4.78 is 2.09. The highest BCUT2D eigenvalue weighted by Crippen LogP contribution is 2.29. The van der Waals surface area contributed by atoms with Gasteiger partial charge in [-0.2, -0.15) is 0 Å². The molecule has 0 spiro atoms. The van der Waals surface area contributed by atoms with E-state index in [-0.39, 0.29) is 23.8 Å². The lowest BCUT2D eigenvalue weighted by atomic mass is 9.95. The maximum absolute atomic E-state index is 13.2. The molecule has 2 aromatic rings. The zero-order valence-corrected chi connectivity index (χ0v) is 19.9. The Morgan fingerprint density at radius 2 is 2.06 bits per heavy atom. The van der Waals surface area contributed by atoms with Gasteiger partial charge in [0.25, 0.3) is 5.91 Å².